The average molecular weight is 205 g/mol. The minimum absolute atomic E-state index is 0.313. The quantitative estimate of drug-likeness (QED) is 0.743. The number of halogens is 1. The third kappa shape index (κ3) is 1.46. The van der Waals surface area contributed by atoms with Crippen molar-refractivity contribution in [3.63, 3.8) is 0 Å². The molecule has 0 aromatic heterocycles. The van der Waals surface area contributed by atoms with E-state index in [4.69, 9.17) is 4.74 Å². The minimum Gasteiger partial charge on any atom is -0.496 e. The second-order valence-corrected chi connectivity index (χ2v) is 3.89. The molecule has 0 atom stereocenters. The van der Waals surface area contributed by atoms with Gasteiger partial charge in [-0.15, -0.1) is 0 Å². The Bertz CT molecular complexity index is 418. The van der Waals surface area contributed by atoms with Gasteiger partial charge in [-0.05, 0) is 37.5 Å². The summed E-state index contributed by atoms with van der Waals surface area (Å²) in [5, 5.41) is 9.17. The topological polar surface area (TPSA) is 33.0 Å². The molecule has 0 heterocycles. The summed E-state index contributed by atoms with van der Waals surface area (Å²) in [4.78, 5) is 0. The van der Waals surface area contributed by atoms with Gasteiger partial charge in [0.1, 0.15) is 11.6 Å². The molecule has 0 saturated heterocycles. The highest BCUT2D eigenvalue weighted by Crippen LogP contribution is 2.46. The Kier molecular flexibility index (Phi) is 2.36. The van der Waals surface area contributed by atoms with Crippen LogP contribution in [0.3, 0.4) is 0 Å². The van der Waals surface area contributed by atoms with Gasteiger partial charge in [0.2, 0.25) is 0 Å². The third-order valence-electron chi connectivity index (χ3n) is 3.10. The van der Waals surface area contributed by atoms with Crippen LogP contribution in [-0.4, -0.2) is 7.11 Å². The van der Waals surface area contributed by atoms with Crippen LogP contribution in [0.15, 0.2) is 18.2 Å². The number of rotatable bonds is 2. The van der Waals surface area contributed by atoms with Crippen LogP contribution in [0, 0.1) is 17.1 Å². The molecule has 0 bridgehead atoms. The number of hydrogen-bond acceptors (Lipinski definition) is 2. The second-order valence-electron chi connectivity index (χ2n) is 3.89. The Morgan fingerprint density at radius 2 is 2.20 bits per heavy atom. The Balaban J connectivity index is 2.50. The normalized spacial score (nSPS) is 17.7. The Morgan fingerprint density at radius 3 is 2.67 bits per heavy atom. The first-order valence-corrected chi connectivity index (χ1v) is 4.97. The lowest BCUT2D eigenvalue weighted by atomic mass is 9.65. The molecular weight excluding hydrogens is 193 g/mol. The standard InChI is InChI=1S/C12H12FNO/c1-15-11-4-3-9(13)7-10(11)12(8-14)5-2-6-12/h3-4,7H,2,5-6H2,1H3. The highest BCUT2D eigenvalue weighted by molar-refractivity contribution is 5.45. The number of benzene rings is 1. The molecule has 1 aliphatic rings. The molecule has 0 aliphatic heterocycles. The first-order valence-electron chi connectivity index (χ1n) is 4.97. The Labute approximate surface area is 88.3 Å². The Morgan fingerprint density at radius 1 is 1.47 bits per heavy atom. The van der Waals surface area contributed by atoms with Crippen LogP contribution < -0.4 is 4.74 Å². The minimum atomic E-state index is -0.520. The fraction of sp³-hybridized carbons (Fsp3) is 0.417. The largest absolute Gasteiger partial charge is 0.496 e. The maximum absolute atomic E-state index is 13.1. The summed E-state index contributed by atoms with van der Waals surface area (Å²) >= 11 is 0. The molecular formula is C12H12FNO. The molecule has 1 fully saturated rings. The monoisotopic (exact) mass is 205 g/mol. The summed E-state index contributed by atoms with van der Waals surface area (Å²) in [6.07, 6.45) is 2.61. The molecule has 1 saturated carbocycles. The van der Waals surface area contributed by atoms with Gasteiger partial charge in [-0.1, -0.05) is 0 Å². The van der Waals surface area contributed by atoms with Gasteiger partial charge in [0, 0.05) is 5.56 Å². The van der Waals surface area contributed by atoms with E-state index in [1.54, 1.807) is 13.2 Å². The zero-order valence-corrected chi connectivity index (χ0v) is 8.59. The highest BCUT2D eigenvalue weighted by Gasteiger charge is 2.41. The van der Waals surface area contributed by atoms with Crippen molar-refractivity contribution >= 4 is 0 Å². The van der Waals surface area contributed by atoms with E-state index in [1.807, 2.05) is 0 Å². The zero-order chi connectivity index (χ0) is 10.9. The number of nitriles is 1. The van der Waals surface area contributed by atoms with Gasteiger partial charge >= 0.3 is 0 Å². The molecule has 2 rings (SSSR count). The maximum Gasteiger partial charge on any atom is 0.123 e. The zero-order valence-electron chi connectivity index (χ0n) is 8.59. The van der Waals surface area contributed by atoms with Crippen molar-refractivity contribution in [3.8, 4) is 11.8 Å². The van der Waals surface area contributed by atoms with Crippen LogP contribution in [0.1, 0.15) is 24.8 Å². The summed E-state index contributed by atoms with van der Waals surface area (Å²) in [6.45, 7) is 0. The van der Waals surface area contributed by atoms with Crippen LogP contribution in [0.2, 0.25) is 0 Å². The van der Waals surface area contributed by atoms with E-state index in [9.17, 15) is 9.65 Å². The molecule has 0 unspecified atom stereocenters. The summed E-state index contributed by atoms with van der Waals surface area (Å²) in [5.74, 6) is 0.296. The lowest BCUT2D eigenvalue weighted by molar-refractivity contribution is 0.305. The fourth-order valence-electron chi connectivity index (χ4n) is 2.03. The molecule has 0 radical (unpaired) electrons. The molecule has 1 aliphatic carbocycles. The van der Waals surface area contributed by atoms with E-state index in [0.717, 1.165) is 19.3 Å². The van der Waals surface area contributed by atoms with Crippen molar-refractivity contribution in [1.29, 1.82) is 5.26 Å². The smallest absolute Gasteiger partial charge is 0.123 e. The van der Waals surface area contributed by atoms with Gasteiger partial charge in [-0.2, -0.15) is 5.26 Å². The van der Waals surface area contributed by atoms with Crippen molar-refractivity contribution < 1.29 is 9.13 Å². The first kappa shape index (κ1) is 9.97. The SMILES string of the molecule is COc1ccc(F)cc1C1(C#N)CCC1. The van der Waals surface area contributed by atoms with Crippen molar-refractivity contribution in [2.75, 3.05) is 7.11 Å². The molecule has 1 aromatic carbocycles. The van der Waals surface area contributed by atoms with E-state index in [0.29, 0.717) is 11.3 Å². The van der Waals surface area contributed by atoms with Gasteiger partial charge in [-0.3, -0.25) is 0 Å². The molecule has 0 spiro atoms. The van der Waals surface area contributed by atoms with E-state index < -0.39 is 5.41 Å². The van der Waals surface area contributed by atoms with Crippen LogP contribution >= 0.6 is 0 Å². The lowest BCUT2D eigenvalue weighted by Gasteiger charge is -2.36. The van der Waals surface area contributed by atoms with Gasteiger partial charge in [0.15, 0.2) is 0 Å². The lowest BCUT2D eigenvalue weighted by Crippen LogP contribution is -2.32. The Hall–Kier alpha value is -1.56. The van der Waals surface area contributed by atoms with Gasteiger partial charge < -0.3 is 4.74 Å². The van der Waals surface area contributed by atoms with E-state index in [1.165, 1.54) is 12.1 Å². The maximum atomic E-state index is 13.1. The van der Waals surface area contributed by atoms with Crippen molar-refractivity contribution in [1.82, 2.24) is 0 Å². The van der Waals surface area contributed by atoms with Crippen LogP contribution in [0.4, 0.5) is 4.39 Å². The predicted molar refractivity (Wildman–Crippen MR) is 54.1 cm³/mol. The molecule has 0 N–H and O–H groups in total. The van der Waals surface area contributed by atoms with Crippen LogP contribution in [0.25, 0.3) is 0 Å². The van der Waals surface area contributed by atoms with Gasteiger partial charge in [0.25, 0.3) is 0 Å². The fourth-order valence-corrected chi connectivity index (χ4v) is 2.03. The van der Waals surface area contributed by atoms with Gasteiger partial charge in [0.05, 0.1) is 18.6 Å². The number of methoxy groups -OCH3 is 1. The molecule has 2 nitrogen and oxygen atoms in total. The van der Waals surface area contributed by atoms with E-state index in [-0.39, 0.29) is 5.82 Å². The average Bonchev–Trinajstić information content (AvgIpc) is 2.17. The first-order chi connectivity index (χ1) is 7.22. The summed E-state index contributed by atoms with van der Waals surface area (Å²) < 4.78 is 18.3. The van der Waals surface area contributed by atoms with Gasteiger partial charge in [-0.25, -0.2) is 4.39 Å². The van der Waals surface area contributed by atoms with Crippen molar-refractivity contribution in [3.05, 3.63) is 29.6 Å². The summed E-state index contributed by atoms with van der Waals surface area (Å²) in [5.41, 5.74) is 0.173. The molecule has 0 amide bonds. The van der Waals surface area contributed by atoms with Crippen LogP contribution in [0.5, 0.6) is 5.75 Å². The predicted octanol–water partition coefficient (Wildman–Crippen LogP) is 2.78. The molecule has 15 heavy (non-hydrogen) atoms. The third-order valence-corrected chi connectivity index (χ3v) is 3.10. The number of hydrogen-bond donors (Lipinski definition) is 0. The molecule has 3 heteroatoms. The van der Waals surface area contributed by atoms with E-state index >= 15 is 0 Å². The van der Waals surface area contributed by atoms with Crippen molar-refractivity contribution in [2.45, 2.75) is 24.7 Å². The molecule has 78 valence electrons. The molecule has 1 aromatic rings. The highest BCUT2D eigenvalue weighted by atomic mass is 19.1. The van der Waals surface area contributed by atoms with Crippen molar-refractivity contribution in [2.24, 2.45) is 0 Å². The van der Waals surface area contributed by atoms with E-state index in [2.05, 4.69) is 6.07 Å². The number of nitrogens with zero attached hydrogens (tertiary/aromatic N) is 1. The van der Waals surface area contributed by atoms with Crippen LogP contribution in [-0.2, 0) is 5.41 Å². The second kappa shape index (κ2) is 3.54. The summed E-state index contributed by atoms with van der Waals surface area (Å²) in [6, 6.07) is 6.64. The number of ether oxygens (including phenoxy) is 1. The summed E-state index contributed by atoms with van der Waals surface area (Å²) in [7, 11) is 1.54.